The predicted molar refractivity (Wildman–Crippen MR) is 120 cm³/mol. The van der Waals surface area contributed by atoms with Crippen molar-refractivity contribution in [2.75, 3.05) is 28.6 Å². The molecule has 0 saturated carbocycles. The quantitative estimate of drug-likeness (QED) is 0.562. The topological polar surface area (TPSA) is 150 Å². The number of H-pyrrole nitrogens is 1. The zero-order chi connectivity index (χ0) is 23.0. The maximum absolute atomic E-state index is 13.0. The molecule has 168 valence electrons. The van der Waals surface area contributed by atoms with Crippen molar-refractivity contribution in [2.45, 2.75) is 39.0 Å². The molecule has 1 aromatic heterocycles. The van der Waals surface area contributed by atoms with Crippen molar-refractivity contribution >= 4 is 35.2 Å². The van der Waals surface area contributed by atoms with Crippen molar-refractivity contribution in [3.05, 3.63) is 45.2 Å². The number of hydrogen-bond donors (Lipinski definition) is 4. The second kappa shape index (κ2) is 8.45. The number of fused-ring (bicyclic) bond motifs is 1. The van der Waals surface area contributed by atoms with Gasteiger partial charge in [-0.3, -0.25) is 24.2 Å². The van der Waals surface area contributed by atoms with E-state index in [4.69, 9.17) is 5.73 Å². The lowest BCUT2D eigenvalue weighted by Gasteiger charge is -2.32. The number of aromatic nitrogens is 2. The number of hydrogen-bond acceptors (Lipinski definition) is 6. The number of nitrogens with zero attached hydrogens (tertiary/aromatic N) is 2. The molecular weight excluding hydrogens is 412 g/mol. The third-order valence-electron chi connectivity index (χ3n) is 6.23. The number of carbonyl (C=O) groups is 3. The number of piperidine rings is 1. The van der Waals surface area contributed by atoms with E-state index in [1.54, 1.807) is 6.07 Å². The Morgan fingerprint density at radius 3 is 2.53 bits per heavy atom. The third-order valence-corrected chi connectivity index (χ3v) is 6.23. The van der Waals surface area contributed by atoms with Crippen LogP contribution in [0.25, 0.3) is 0 Å². The molecule has 0 aliphatic carbocycles. The summed E-state index contributed by atoms with van der Waals surface area (Å²) >= 11 is 0. The van der Waals surface area contributed by atoms with Gasteiger partial charge in [-0.1, -0.05) is 6.07 Å². The summed E-state index contributed by atoms with van der Waals surface area (Å²) in [7, 11) is 0. The number of nitrogens with two attached hydrogens (primary N) is 1. The average molecular weight is 438 g/mol. The lowest BCUT2D eigenvalue weighted by molar-refractivity contribution is -0.123. The van der Waals surface area contributed by atoms with Crippen molar-refractivity contribution in [2.24, 2.45) is 11.7 Å². The van der Waals surface area contributed by atoms with Gasteiger partial charge < -0.3 is 21.3 Å². The minimum absolute atomic E-state index is 0.0947. The molecule has 0 unspecified atom stereocenters. The number of aromatic amines is 1. The fourth-order valence-electron chi connectivity index (χ4n) is 4.16. The normalized spacial score (nSPS) is 18.6. The first-order chi connectivity index (χ1) is 15.2. The Balaban J connectivity index is 1.59. The van der Waals surface area contributed by atoms with E-state index in [0.717, 1.165) is 11.1 Å². The zero-order valence-corrected chi connectivity index (χ0v) is 18.0. The van der Waals surface area contributed by atoms with Crippen LogP contribution in [0.3, 0.4) is 0 Å². The van der Waals surface area contributed by atoms with Crippen molar-refractivity contribution in [3.63, 3.8) is 0 Å². The first kappa shape index (κ1) is 21.5. The highest BCUT2D eigenvalue weighted by Crippen LogP contribution is 2.31. The van der Waals surface area contributed by atoms with Crippen LogP contribution in [0.2, 0.25) is 0 Å². The molecule has 0 radical (unpaired) electrons. The fourth-order valence-corrected chi connectivity index (χ4v) is 4.16. The highest BCUT2D eigenvalue weighted by atomic mass is 16.2. The minimum atomic E-state index is -0.953. The van der Waals surface area contributed by atoms with Gasteiger partial charge in [0, 0.05) is 31.1 Å². The van der Waals surface area contributed by atoms with E-state index >= 15 is 0 Å². The zero-order valence-electron chi connectivity index (χ0n) is 18.0. The highest BCUT2D eigenvalue weighted by molar-refractivity contribution is 6.04. The summed E-state index contributed by atoms with van der Waals surface area (Å²) in [6, 6.07) is 5.53. The van der Waals surface area contributed by atoms with Gasteiger partial charge in [-0.15, -0.1) is 0 Å². The molecule has 2 aromatic rings. The van der Waals surface area contributed by atoms with E-state index in [1.165, 1.54) is 0 Å². The van der Waals surface area contributed by atoms with Crippen LogP contribution >= 0.6 is 0 Å². The second-order valence-electron chi connectivity index (χ2n) is 8.41. The molecule has 3 amide bonds. The maximum Gasteiger partial charge on any atom is 0.258 e. The van der Waals surface area contributed by atoms with Gasteiger partial charge in [-0.05, 0) is 49.9 Å². The van der Waals surface area contributed by atoms with Crippen LogP contribution in [-0.2, 0) is 14.4 Å². The average Bonchev–Trinajstić information content (AvgIpc) is 2.75. The van der Waals surface area contributed by atoms with Gasteiger partial charge in [-0.2, -0.15) is 4.98 Å². The summed E-state index contributed by atoms with van der Waals surface area (Å²) in [6.07, 6.45) is 0.977. The van der Waals surface area contributed by atoms with Crippen molar-refractivity contribution < 1.29 is 14.4 Å². The molecule has 1 atom stereocenters. The number of carbonyl (C=O) groups excluding carboxylic acids is 3. The molecule has 4 rings (SSSR count). The standard InChI is InChI=1S/C22H26N6O4/c1-11-3-4-14(9-12(11)2)24-20(31)15-10-16(29)25-19-17(15)21(32)27-22(26-19)28-7-5-13(6-8-28)18(23)30/h3-4,9,13,15H,5-8,10H2,1-2H3,(H2,23,30)(H,24,31)(H2,25,26,27,29,32)/t15-/m0/s1. The first-order valence-electron chi connectivity index (χ1n) is 10.6. The third kappa shape index (κ3) is 4.20. The molecule has 1 aromatic carbocycles. The molecule has 10 nitrogen and oxygen atoms in total. The summed E-state index contributed by atoms with van der Waals surface area (Å²) in [5, 5.41) is 5.43. The Morgan fingerprint density at radius 1 is 1.16 bits per heavy atom. The smallest absolute Gasteiger partial charge is 0.258 e. The minimum Gasteiger partial charge on any atom is -0.369 e. The number of rotatable bonds is 4. The lowest BCUT2D eigenvalue weighted by Crippen LogP contribution is -2.41. The molecular formula is C22H26N6O4. The summed E-state index contributed by atoms with van der Waals surface area (Å²) in [6.45, 7) is 4.92. The summed E-state index contributed by atoms with van der Waals surface area (Å²) in [4.78, 5) is 58.6. The van der Waals surface area contributed by atoms with E-state index in [1.807, 2.05) is 30.9 Å². The van der Waals surface area contributed by atoms with Crippen LogP contribution < -0.4 is 26.8 Å². The van der Waals surface area contributed by atoms with Gasteiger partial charge in [0.15, 0.2) is 0 Å². The van der Waals surface area contributed by atoms with Crippen LogP contribution in [0.4, 0.5) is 17.5 Å². The van der Waals surface area contributed by atoms with Gasteiger partial charge >= 0.3 is 0 Å². The molecule has 32 heavy (non-hydrogen) atoms. The Labute approximate surface area is 184 Å². The summed E-state index contributed by atoms with van der Waals surface area (Å²) in [5.74, 6) is -1.91. The molecule has 2 aliphatic heterocycles. The number of amides is 3. The summed E-state index contributed by atoms with van der Waals surface area (Å²) in [5.41, 5.74) is 7.77. The van der Waals surface area contributed by atoms with Crippen molar-refractivity contribution in [1.29, 1.82) is 0 Å². The predicted octanol–water partition coefficient (Wildman–Crippen LogP) is 1.15. The number of nitrogens with one attached hydrogen (secondary N) is 3. The fraction of sp³-hybridized carbons (Fsp3) is 0.409. The van der Waals surface area contributed by atoms with Gasteiger partial charge in [0.2, 0.25) is 23.7 Å². The molecule has 1 saturated heterocycles. The van der Waals surface area contributed by atoms with E-state index < -0.39 is 17.4 Å². The van der Waals surface area contributed by atoms with Crippen LogP contribution in [0, 0.1) is 19.8 Å². The van der Waals surface area contributed by atoms with Crippen LogP contribution in [0.5, 0.6) is 0 Å². The molecule has 10 heteroatoms. The Hall–Kier alpha value is -3.69. The van der Waals surface area contributed by atoms with Crippen molar-refractivity contribution in [3.8, 4) is 0 Å². The van der Waals surface area contributed by atoms with E-state index in [0.29, 0.717) is 37.6 Å². The van der Waals surface area contributed by atoms with Crippen molar-refractivity contribution in [1.82, 2.24) is 9.97 Å². The number of benzene rings is 1. The molecule has 2 aliphatic rings. The molecule has 3 heterocycles. The van der Waals surface area contributed by atoms with Crippen LogP contribution in [-0.4, -0.2) is 40.8 Å². The Bertz CT molecular complexity index is 1150. The van der Waals surface area contributed by atoms with Crippen LogP contribution in [0.15, 0.2) is 23.0 Å². The maximum atomic E-state index is 13.0. The Morgan fingerprint density at radius 2 is 1.88 bits per heavy atom. The molecule has 1 fully saturated rings. The summed E-state index contributed by atoms with van der Waals surface area (Å²) < 4.78 is 0. The van der Waals surface area contributed by atoms with Gasteiger partial charge in [0.25, 0.3) is 5.56 Å². The number of anilines is 3. The van der Waals surface area contributed by atoms with Gasteiger partial charge in [0.05, 0.1) is 11.5 Å². The molecule has 0 bridgehead atoms. The monoisotopic (exact) mass is 438 g/mol. The first-order valence-corrected chi connectivity index (χ1v) is 10.6. The van der Waals surface area contributed by atoms with E-state index in [-0.39, 0.29) is 35.5 Å². The lowest BCUT2D eigenvalue weighted by atomic mass is 9.92. The molecule has 5 N–H and O–H groups in total. The molecule has 0 spiro atoms. The van der Waals surface area contributed by atoms with E-state index in [9.17, 15) is 19.2 Å². The SMILES string of the molecule is Cc1ccc(NC(=O)[C@H]2CC(=O)Nc3nc(N4CCC(C(N)=O)CC4)[nH]c(=O)c32)cc1C. The van der Waals surface area contributed by atoms with Gasteiger partial charge in [0.1, 0.15) is 5.82 Å². The number of aryl methyl sites for hydroxylation is 2. The Kier molecular flexibility index (Phi) is 5.68. The number of primary amides is 1. The van der Waals surface area contributed by atoms with Crippen LogP contribution in [0.1, 0.15) is 41.9 Å². The largest absolute Gasteiger partial charge is 0.369 e. The van der Waals surface area contributed by atoms with Gasteiger partial charge in [-0.25, -0.2) is 0 Å². The van der Waals surface area contributed by atoms with E-state index in [2.05, 4.69) is 20.6 Å². The second-order valence-corrected chi connectivity index (χ2v) is 8.41. The highest BCUT2D eigenvalue weighted by Gasteiger charge is 2.35.